The number of benzene rings is 2. The lowest BCUT2D eigenvalue weighted by molar-refractivity contribution is 0.314. The van der Waals surface area contributed by atoms with Gasteiger partial charge >= 0.3 is 0 Å². The van der Waals surface area contributed by atoms with Crippen molar-refractivity contribution in [3.8, 4) is 28.3 Å². The summed E-state index contributed by atoms with van der Waals surface area (Å²) in [4.78, 5) is 16.9. The number of nitrogens with one attached hydrogen (secondary N) is 1. The number of nitrogen functional groups attached to an aromatic ring is 1. The molecule has 5 aromatic rings. The molecule has 1 aliphatic rings. The fourth-order valence-corrected chi connectivity index (χ4v) is 5.34. The molecule has 1 saturated heterocycles. The Morgan fingerprint density at radius 2 is 1.73 bits per heavy atom. The van der Waals surface area contributed by atoms with Crippen LogP contribution in [0, 0.1) is 5.92 Å². The number of nitrogens with two attached hydrogens (primary N) is 1. The van der Waals surface area contributed by atoms with Gasteiger partial charge in [0.05, 0.1) is 11.3 Å². The molecular weight excluding hydrogens is 494 g/mol. The van der Waals surface area contributed by atoms with Crippen LogP contribution in [0.25, 0.3) is 39.5 Å². The number of fused-ring (bicyclic) bond motifs is 1. The number of likely N-dealkylation sites (tertiary alicyclic amines) is 1. The van der Waals surface area contributed by atoms with E-state index in [0.29, 0.717) is 5.82 Å². The van der Waals surface area contributed by atoms with E-state index in [1.807, 2.05) is 56.3 Å². The average molecular weight is 534 g/mol. The zero-order valence-electron chi connectivity index (χ0n) is 23.7. The highest BCUT2D eigenvalue weighted by Gasteiger charge is 2.22. The Balaban J connectivity index is 0.00000158. The third-order valence-corrected chi connectivity index (χ3v) is 7.31. The summed E-state index contributed by atoms with van der Waals surface area (Å²) in [5.41, 5.74) is 13.0. The van der Waals surface area contributed by atoms with Crippen molar-refractivity contribution in [1.82, 2.24) is 29.7 Å². The van der Waals surface area contributed by atoms with Crippen molar-refractivity contribution >= 4 is 17.0 Å². The third kappa shape index (κ3) is 5.91. The first kappa shape index (κ1) is 27.5. The van der Waals surface area contributed by atoms with Gasteiger partial charge in [-0.05, 0) is 73.9 Å². The summed E-state index contributed by atoms with van der Waals surface area (Å²) in [5.74, 6) is 1.93. The zero-order valence-corrected chi connectivity index (χ0v) is 23.7. The minimum absolute atomic E-state index is 0.449. The van der Waals surface area contributed by atoms with Gasteiger partial charge < -0.3 is 11.1 Å². The van der Waals surface area contributed by atoms with E-state index in [4.69, 9.17) is 15.7 Å². The first-order valence-corrected chi connectivity index (χ1v) is 14.4. The number of anilines is 1. The summed E-state index contributed by atoms with van der Waals surface area (Å²) in [6, 6.07) is 26.9. The van der Waals surface area contributed by atoms with E-state index in [1.54, 1.807) is 6.20 Å². The molecule has 7 nitrogen and oxygen atoms in total. The number of hydrogen-bond acceptors (Lipinski definition) is 6. The third-order valence-electron chi connectivity index (χ3n) is 7.31. The predicted molar refractivity (Wildman–Crippen MR) is 165 cm³/mol. The van der Waals surface area contributed by atoms with Crippen molar-refractivity contribution in [1.29, 1.82) is 0 Å². The van der Waals surface area contributed by atoms with Crippen LogP contribution in [0.3, 0.4) is 0 Å². The number of aromatic nitrogens is 4. The van der Waals surface area contributed by atoms with Gasteiger partial charge in [0.15, 0.2) is 11.5 Å². The Morgan fingerprint density at radius 3 is 2.48 bits per heavy atom. The van der Waals surface area contributed by atoms with Gasteiger partial charge in [0, 0.05) is 30.5 Å². The first-order chi connectivity index (χ1) is 19.7. The molecule has 0 spiro atoms. The van der Waals surface area contributed by atoms with E-state index in [-0.39, 0.29) is 0 Å². The molecule has 0 radical (unpaired) electrons. The minimum Gasteiger partial charge on any atom is -0.383 e. The van der Waals surface area contributed by atoms with Crippen LogP contribution in [0.4, 0.5) is 5.82 Å². The number of rotatable bonds is 8. The van der Waals surface area contributed by atoms with E-state index in [0.717, 1.165) is 78.1 Å². The maximum atomic E-state index is 6.30. The average Bonchev–Trinajstić information content (AvgIpc) is 3.62. The normalized spacial score (nSPS) is 15.2. The second-order valence-corrected chi connectivity index (χ2v) is 9.98. The van der Waals surface area contributed by atoms with E-state index in [2.05, 4.69) is 63.1 Å². The molecule has 1 aliphatic heterocycles. The summed E-state index contributed by atoms with van der Waals surface area (Å²) in [6.45, 7) is 11.6. The van der Waals surface area contributed by atoms with E-state index in [9.17, 15) is 0 Å². The summed E-state index contributed by atoms with van der Waals surface area (Å²) in [7, 11) is 0. The Morgan fingerprint density at radius 1 is 0.925 bits per heavy atom. The number of imidazole rings is 1. The van der Waals surface area contributed by atoms with Crippen molar-refractivity contribution in [2.45, 2.75) is 33.7 Å². The van der Waals surface area contributed by atoms with Crippen LogP contribution >= 0.6 is 0 Å². The largest absolute Gasteiger partial charge is 0.383 e. The van der Waals surface area contributed by atoms with Crippen molar-refractivity contribution in [3.63, 3.8) is 0 Å². The zero-order chi connectivity index (χ0) is 27.9. The second kappa shape index (κ2) is 12.9. The molecule has 6 rings (SSSR count). The molecule has 2 aromatic carbocycles. The molecule has 1 fully saturated rings. The number of hydrogen-bond donors (Lipinski definition) is 2. The monoisotopic (exact) mass is 533 g/mol. The summed E-state index contributed by atoms with van der Waals surface area (Å²) in [6.07, 6.45) is 2.96. The maximum absolute atomic E-state index is 6.30. The lowest BCUT2D eigenvalue weighted by Gasteiger charge is -2.17. The molecule has 0 bridgehead atoms. The number of pyridine rings is 2. The topological polar surface area (TPSA) is 84.9 Å². The lowest BCUT2D eigenvalue weighted by atomic mass is 10.1. The Hall–Kier alpha value is -4.07. The van der Waals surface area contributed by atoms with E-state index in [1.165, 1.54) is 12.0 Å². The molecule has 3 N–H and O–H groups in total. The van der Waals surface area contributed by atoms with Crippen molar-refractivity contribution < 1.29 is 0 Å². The van der Waals surface area contributed by atoms with Crippen LogP contribution in [0.5, 0.6) is 0 Å². The highest BCUT2D eigenvalue weighted by molar-refractivity contribution is 5.84. The number of nitrogens with zero attached hydrogens (tertiary/aromatic N) is 5. The van der Waals surface area contributed by atoms with Gasteiger partial charge in [0.25, 0.3) is 0 Å². The molecule has 0 aliphatic carbocycles. The molecule has 3 aromatic heterocycles. The molecule has 1 unspecified atom stereocenters. The maximum Gasteiger partial charge on any atom is 0.165 e. The fourth-order valence-electron chi connectivity index (χ4n) is 5.34. The van der Waals surface area contributed by atoms with Gasteiger partial charge in [0.1, 0.15) is 11.3 Å². The SMILES string of the molecule is CC.CCNCC1CCN(Cc2ccc(-n3c(-c4cccnc4N)nc4ccc(-c5ccccc5)nc43)cc2)C1. The van der Waals surface area contributed by atoms with Gasteiger partial charge in [0.2, 0.25) is 0 Å². The van der Waals surface area contributed by atoms with Gasteiger partial charge in [-0.25, -0.2) is 15.0 Å². The summed E-state index contributed by atoms with van der Waals surface area (Å²) in [5, 5.41) is 3.49. The van der Waals surface area contributed by atoms with Crippen molar-refractivity contribution in [2.75, 3.05) is 31.9 Å². The van der Waals surface area contributed by atoms with Gasteiger partial charge in [-0.3, -0.25) is 9.47 Å². The van der Waals surface area contributed by atoms with E-state index < -0.39 is 0 Å². The van der Waals surface area contributed by atoms with Gasteiger partial charge in [-0.2, -0.15) is 0 Å². The van der Waals surface area contributed by atoms with Crippen LogP contribution in [0.2, 0.25) is 0 Å². The van der Waals surface area contributed by atoms with E-state index >= 15 is 0 Å². The van der Waals surface area contributed by atoms with Crippen LogP contribution in [0.15, 0.2) is 85.1 Å². The second-order valence-electron chi connectivity index (χ2n) is 9.98. The quantitative estimate of drug-likeness (QED) is 0.247. The molecule has 7 heteroatoms. The fraction of sp³-hybridized carbons (Fsp3) is 0.303. The molecule has 4 heterocycles. The molecular formula is C33H39N7. The summed E-state index contributed by atoms with van der Waals surface area (Å²) >= 11 is 0. The summed E-state index contributed by atoms with van der Waals surface area (Å²) < 4.78 is 2.10. The van der Waals surface area contributed by atoms with Crippen LogP contribution in [0.1, 0.15) is 32.8 Å². The highest BCUT2D eigenvalue weighted by atomic mass is 15.2. The van der Waals surface area contributed by atoms with Crippen molar-refractivity contribution in [3.05, 3.63) is 90.6 Å². The molecule has 1 atom stereocenters. The Labute approximate surface area is 237 Å². The van der Waals surface area contributed by atoms with Crippen LogP contribution in [-0.2, 0) is 6.54 Å². The minimum atomic E-state index is 0.449. The Bertz CT molecular complexity index is 1530. The van der Waals surface area contributed by atoms with Crippen molar-refractivity contribution in [2.24, 2.45) is 5.92 Å². The van der Waals surface area contributed by atoms with Gasteiger partial charge in [-0.1, -0.05) is 63.2 Å². The molecule has 206 valence electrons. The van der Waals surface area contributed by atoms with Crippen LogP contribution in [-0.4, -0.2) is 50.6 Å². The van der Waals surface area contributed by atoms with Crippen LogP contribution < -0.4 is 11.1 Å². The molecule has 0 saturated carbocycles. The highest BCUT2D eigenvalue weighted by Crippen LogP contribution is 2.32. The lowest BCUT2D eigenvalue weighted by Crippen LogP contribution is -2.26. The first-order valence-electron chi connectivity index (χ1n) is 14.4. The standard InChI is InChI=1S/C31H33N7.C2H6/c1-2-33-19-23-16-18-37(21-23)20-22-10-12-25(13-11-22)38-30(26-9-6-17-34-29(26)32)36-28-15-14-27(35-31(28)38)24-7-4-3-5-8-24;1-2/h3-15,17,23,33H,2,16,18-21H2,1H3,(H2,32,34);1-2H3. The predicted octanol–water partition coefficient (Wildman–Crippen LogP) is 6.19. The van der Waals surface area contributed by atoms with Gasteiger partial charge in [-0.15, -0.1) is 0 Å². The molecule has 0 amide bonds. The Kier molecular flexibility index (Phi) is 8.84. The smallest absolute Gasteiger partial charge is 0.165 e. The molecule has 40 heavy (non-hydrogen) atoms.